The van der Waals surface area contributed by atoms with Crippen LogP contribution in [0.3, 0.4) is 0 Å². The molecule has 0 saturated heterocycles. The fraction of sp³-hybridized carbons (Fsp3) is 0.600. The van der Waals surface area contributed by atoms with Crippen LogP contribution < -0.4 is 0 Å². The maximum absolute atomic E-state index is 9.20. The van der Waals surface area contributed by atoms with Crippen molar-refractivity contribution in [3.05, 3.63) is 24.3 Å². The molecule has 1 heteroatoms. The molecular formula is C10H18O. The molecule has 0 aliphatic heterocycles. The third-order valence-electron chi connectivity index (χ3n) is 2.00. The molecule has 0 aromatic carbocycles. The first-order chi connectivity index (χ1) is 4.70. The molecule has 0 bridgehead atoms. The SMILES string of the molecule is C.C=C(C)C1CC=CC(O)C1. The molecule has 0 fully saturated rings. The third kappa shape index (κ3) is 2.89. The Morgan fingerprint density at radius 1 is 1.64 bits per heavy atom. The van der Waals surface area contributed by atoms with Gasteiger partial charge in [0.05, 0.1) is 6.10 Å². The average Bonchev–Trinajstić information content (AvgIpc) is 1.88. The predicted molar refractivity (Wildman–Crippen MR) is 49.4 cm³/mol. The van der Waals surface area contributed by atoms with E-state index in [0.29, 0.717) is 5.92 Å². The number of allylic oxidation sites excluding steroid dienone is 2. The lowest BCUT2D eigenvalue weighted by atomic mass is 9.88. The molecule has 11 heavy (non-hydrogen) atoms. The Hall–Kier alpha value is -0.560. The van der Waals surface area contributed by atoms with Crippen molar-refractivity contribution in [1.29, 1.82) is 0 Å². The van der Waals surface area contributed by atoms with E-state index in [1.807, 2.05) is 19.1 Å². The molecule has 2 unspecified atom stereocenters. The second kappa shape index (κ2) is 4.35. The van der Waals surface area contributed by atoms with Crippen molar-refractivity contribution in [3.8, 4) is 0 Å². The van der Waals surface area contributed by atoms with Gasteiger partial charge in [0.1, 0.15) is 0 Å². The zero-order chi connectivity index (χ0) is 7.56. The van der Waals surface area contributed by atoms with Crippen LogP contribution in [0.1, 0.15) is 27.2 Å². The van der Waals surface area contributed by atoms with Crippen molar-refractivity contribution >= 4 is 0 Å². The third-order valence-corrected chi connectivity index (χ3v) is 2.00. The molecule has 1 aliphatic rings. The lowest BCUT2D eigenvalue weighted by Gasteiger charge is -2.21. The Bertz CT molecular complexity index is 158. The van der Waals surface area contributed by atoms with Crippen LogP contribution in [0.5, 0.6) is 0 Å². The van der Waals surface area contributed by atoms with Crippen LogP contribution in [0.25, 0.3) is 0 Å². The van der Waals surface area contributed by atoms with Crippen LogP contribution in [0.15, 0.2) is 24.3 Å². The van der Waals surface area contributed by atoms with Gasteiger partial charge in [0.15, 0.2) is 0 Å². The maximum Gasteiger partial charge on any atom is 0.0726 e. The van der Waals surface area contributed by atoms with Crippen molar-refractivity contribution in [2.45, 2.75) is 33.3 Å². The molecule has 1 N–H and O–H groups in total. The minimum atomic E-state index is -0.240. The topological polar surface area (TPSA) is 20.2 Å². The van der Waals surface area contributed by atoms with Crippen LogP contribution in [0.2, 0.25) is 0 Å². The van der Waals surface area contributed by atoms with E-state index in [-0.39, 0.29) is 13.5 Å². The number of aliphatic hydroxyl groups is 1. The van der Waals surface area contributed by atoms with E-state index in [1.165, 1.54) is 5.57 Å². The second-order valence-corrected chi connectivity index (χ2v) is 3.01. The summed E-state index contributed by atoms with van der Waals surface area (Å²) in [4.78, 5) is 0. The smallest absolute Gasteiger partial charge is 0.0726 e. The van der Waals surface area contributed by atoms with Crippen LogP contribution in [0.4, 0.5) is 0 Å². The number of hydrogen-bond acceptors (Lipinski definition) is 1. The van der Waals surface area contributed by atoms with Crippen LogP contribution in [-0.2, 0) is 0 Å². The molecule has 0 saturated carbocycles. The highest BCUT2D eigenvalue weighted by atomic mass is 16.3. The van der Waals surface area contributed by atoms with Gasteiger partial charge in [-0.05, 0) is 25.7 Å². The van der Waals surface area contributed by atoms with Gasteiger partial charge in [-0.15, -0.1) is 0 Å². The Kier molecular flexibility index (Phi) is 4.12. The van der Waals surface area contributed by atoms with Gasteiger partial charge >= 0.3 is 0 Å². The van der Waals surface area contributed by atoms with Gasteiger partial charge in [0.2, 0.25) is 0 Å². The fourth-order valence-corrected chi connectivity index (χ4v) is 1.27. The first kappa shape index (κ1) is 10.4. The number of rotatable bonds is 1. The van der Waals surface area contributed by atoms with Gasteiger partial charge in [-0.1, -0.05) is 31.7 Å². The summed E-state index contributed by atoms with van der Waals surface area (Å²) in [5, 5.41) is 9.20. The zero-order valence-corrected chi connectivity index (χ0v) is 6.38. The summed E-state index contributed by atoms with van der Waals surface area (Å²) in [6, 6.07) is 0. The summed E-state index contributed by atoms with van der Waals surface area (Å²) in [7, 11) is 0. The lowest BCUT2D eigenvalue weighted by Crippen LogP contribution is -2.15. The van der Waals surface area contributed by atoms with Crippen molar-refractivity contribution < 1.29 is 5.11 Å². The highest BCUT2D eigenvalue weighted by molar-refractivity contribution is 5.06. The van der Waals surface area contributed by atoms with E-state index in [0.717, 1.165) is 12.8 Å². The molecule has 0 spiro atoms. The fourth-order valence-electron chi connectivity index (χ4n) is 1.27. The summed E-state index contributed by atoms with van der Waals surface area (Å²) in [5.74, 6) is 0.500. The second-order valence-electron chi connectivity index (χ2n) is 3.01. The van der Waals surface area contributed by atoms with Crippen molar-refractivity contribution in [2.24, 2.45) is 5.92 Å². The molecule has 1 nitrogen and oxygen atoms in total. The monoisotopic (exact) mass is 154 g/mol. The van der Waals surface area contributed by atoms with E-state index in [4.69, 9.17) is 0 Å². The van der Waals surface area contributed by atoms with Crippen molar-refractivity contribution in [1.82, 2.24) is 0 Å². The van der Waals surface area contributed by atoms with E-state index >= 15 is 0 Å². The van der Waals surface area contributed by atoms with Crippen LogP contribution in [0, 0.1) is 5.92 Å². The van der Waals surface area contributed by atoms with Crippen LogP contribution >= 0.6 is 0 Å². The Balaban J connectivity index is 0.000001000. The Labute approximate surface area is 69.4 Å². The lowest BCUT2D eigenvalue weighted by molar-refractivity contribution is 0.187. The van der Waals surface area contributed by atoms with Crippen molar-refractivity contribution in [3.63, 3.8) is 0 Å². The summed E-state index contributed by atoms with van der Waals surface area (Å²) < 4.78 is 0. The average molecular weight is 154 g/mol. The summed E-state index contributed by atoms with van der Waals surface area (Å²) in [5.41, 5.74) is 1.18. The highest BCUT2D eigenvalue weighted by Crippen LogP contribution is 2.24. The highest BCUT2D eigenvalue weighted by Gasteiger charge is 2.15. The molecule has 0 heterocycles. The van der Waals surface area contributed by atoms with E-state index in [2.05, 4.69) is 6.58 Å². The normalized spacial score (nSPS) is 29.3. The molecule has 0 radical (unpaired) electrons. The number of aliphatic hydroxyl groups excluding tert-OH is 1. The minimum absolute atomic E-state index is 0. The number of hydrogen-bond donors (Lipinski definition) is 1. The van der Waals surface area contributed by atoms with Gasteiger partial charge in [-0.25, -0.2) is 0 Å². The molecular weight excluding hydrogens is 136 g/mol. The molecule has 0 aromatic rings. The van der Waals surface area contributed by atoms with E-state index in [9.17, 15) is 5.11 Å². The van der Waals surface area contributed by atoms with Gasteiger partial charge in [-0.3, -0.25) is 0 Å². The largest absolute Gasteiger partial charge is 0.389 e. The van der Waals surface area contributed by atoms with E-state index < -0.39 is 0 Å². The minimum Gasteiger partial charge on any atom is -0.389 e. The quantitative estimate of drug-likeness (QED) is 0.575. The summed E-state index contributed by atoms with van der Waals surface area (Å²) >= 11 is 0. The van der Waals surface area contributed by atoms with Gasteiger partial charge < -0.3 is 5.11 Å². The predicted octanol–water partition coefficient (Wildman–Crippen LogP) is 2.53. The van der Waals surface area contributed by atoms with E-state index in [1.54, 1.807) is 0 Å². The first-order valence-electron chi connectivity index (χ1n) is 3.70. The standard InChI is InChI=1S/C9H14O.CH4/c1-7(2)8-4-3-5-9(10)6-8;/h3,5,8-10H,1,4,6H2,2H3;1H4. The Morgan fingerprint density at radius 3 is 2.64 bits per heavy atom. The summed E-state index contributed by atoms with van der Waals surface area (Å²) in [6.45, 7) is 5.89. The molecule has 2 atom stereocenters. The molecule has 1 aliphatic carbocycles. The van der Waals surface area contributed by atoms with Gasteiger partial charge in [0, 0.05) is 0 Å². The molecule has 0 amide bonds. The van der Waals surface area contributed by atoms with Crippen LogP contribution in [-0.4, -0.2) is 11.2 Å². The molecule has 1 rings (SSSR count). The van der Waals surface area contributed by atoms with Crippen molar-refractivity contribution in [2.75, 3.05) is 0 Å². The van der Waals surface area contributed by atoms with Gasteiger partial charge in [0.25, 0.3) is 0 Å². The summed E-state index contributed by atoms with van der Waals surface area (Å²) in [6.07, 6.45) is 5.56. The van der Waals surface area contributed by atoms with Gasteiger partial charge in [-0.2, -0.15) is 0 Å². The first-order valence-corrected chi connectivity index (χ1v) is 3.70. The molecule has 0 aromatic heterocycles. The zero-order valence-electron chi connectivity index (χ0n) is 6.38. The maximum atomic E-state index is 9.20. The Morgan fingerprint density at radius 2 is 2.27 bits per heavy atom. The molecule has 64 valence electrons.